The summed E-state index contributed by atoms with van der Waals surface area (Å²) in [5.74, 6) is 0.713. The molecule has 0 radical (unpaired) electrons. The van der Waals surface area contributed by atoms with Crippen LogP contribution in [0.25, 0.3) is 11.1 Å². The number of nitrogens with two attached hydrogens (primary N) is 1. The smallest absolute Gasteiger partial charge is 0.00392 e. The van der Waals surface area contributed by atoms with Gasteiger partial charge in [0, 0.05) is 6.04 Å². The van der Waals surface area contributed by atoms with E-state index in [4.69, 9.17) is 5.73 Å². The first-order chi connectivity index (χ1) is 9.33. The Morgan fingerprint density at radius 3 is 1.89 bits per heavy atom. The number of rotatable bonds is 2. The van der Waals surface area contributed by atoms with Gasteiger partial charge in [-0.2, -0.15) is 0 Å². The van der Waals surface area contributed by atoms with Crippen molar-refractivity contribution in [1.82, 2.24) is 0 Å². The summed E-state index contributed by atoms with van der Waals surface area (Å²) >= 11 is 0. The fraction of sp³-hybridized carbons (Fsp3) is 0.333. The largest absolute Gasteiger partial charge is 0.328 e. The fourth-order valence-electron chi connectivity index (χ4n) is 3.03. The van der Waals surface area contributed by atoms with E-state index in [0.29, 0.717) is 12.0 Å². The van der Waals surface area contributed by atoms with Crippen LogP contribution in [-0.2, 0) is 0 Å². The lowest BCUT2D eigenvalue weighted by Gasteiger charge is -2.26. The summed E-state index contributed by atoms with van der Waals surface area (Å²) in [5.41, 5.74) is 10.0. The lowest BCUT2D eigenvalue weighted by Crippen LogP contribution is -2.25. The Morgan fingerprint density at radius 1 is 0.684 bits per heavy atom. The lowest BCUT2D eigenvalue weighted by atomic mass is 9.82. The topological polar surface area (TPSA) is 26.0 Å². The average Bonchev–Trinajstić information content (AvgIpc) is 2.49. The van der Waals surface area contributed by atoms with Crippen LogP contribution in [-0.4, -0.2) is 6.04 Å². The molecule has 1 aliphatic rings. The van der Waals surface area contributed by atoms with Gasteiger partial charge >= 0.3 is 0 Å². The van der Waals surface area contributed by atoms with Crippen molar-refractivity contribution in [2.75, 3.05) is 0 Å². The van der Waals surface area contributed by atoms with Gasteiger partial charge < -0.3 is 5.73 Å². The Morgan fingerprint density at radius 2 is 1.26 bits per heavy atom. The fourth-order valence-corrected chi connectivity index (χ4v) is 3.03. The van der Waals surface area contributed by atoms with Crippen LogP contribution in [0.4, 0.5) is 0 Å². The molecular formula is C18H21N. The maximum atomic E-state index is 5.98. The summed E-state index contributed by atoms with van der Waals surface area (Å²) < 4.78 is 0. The van der Waals surface area contributed by atoms with Gasteiger partial charge in [0.05, 0.1) is 0 Å². The first-order valence-corrected chi connectivity index (χ1v) is 7.24. The van der Waals surface area contributed by atoms with Gasteiger partial charge in [-0.05, 0) is 48.3 Å². The zero-order valence-electron chi connectivity index (χ0n) is 11.3. The normalized spacial score (nSPS) is 23.2. The Kier molecular flexibility index (Phi) is 3.65. The maximum absolute atomic E-state index is 5.98. The van der Waals surface area contributed by atoms with E-state index in [9.17, 15) is 0 Å². The highest BCUT2D eigenvalue weighted by Gasteiger charge is 2.19. The van der Waals surface area contributed by atoms with Crippen molar-refractivity contribution in [1.29, 1.82) is 0 Å². The minimum Gasteiger partial charge on any atom is -0.328 e. The van der Waals surface area contributed by atoms with E-state index in [2.05, 4.69) is 54.6 Å². The molecule has 1 nitrogen and oxygen atoms in total. The summed E-state index contributed by atoms with van der Waals surface area (Å²) in [6, 6.07) is 20.1. The molecule has 0 amide bonds. The molecule has 2 N–H and O–H groups in total. The minimum atomic E-state index is 0.430. The molecule has 0 heterocycles. The molecule has 0 spiro atoms. The second-order valence-electron chi connectivity index (χ2n) is 5.60. The minimum absolute atomic E-state index is 0.430. The first-order valence-electron chi connectivity index (χ1n) is 7.24. The number of hydrogen-bond acceptors (Lipinski definition) is 1. The van der Waals surface area contributed by atoms with Crippen LogP contribution in [0, 0.1) is 0 Å². The average molecular weight is 251 g/mol. The standard InChI is InChI=1S/C18H21N/c19-18-12-10-17(11-13-18)16-8-6-15(7-9-16)14-4-2-1-3-5-14/h1-9,17-18H,10-13,19H2. The molecule has 0 aliphatic heterocycles. The van der Waals surface area contributed by atoms with Crippen LogP contribution >= 0.6 is 0 Å². The molecule has 98 valence electrons. The molecule has 1 saturated carbocycles. The zero-order chi connectivity index (χ0) is 13.1. The van der Waals surface area contributed by atoms with Crippen molar-refractivity contribution >= 4 is 0 Å². The van der Waals surface area contributed by atoms with E-state index in [0.717, 1.165) is 0 Å². The predicted molar refractivity (Wildman–Crippen MR) is 81.1 cm³/mol. The molecule has 0 unspecified atom stereocenters. The van der Waals surface area contributed by atoms with Crippen LogP contribution in [0.1, 0.15) is 37.2 Å². The third kappa shape index (κ3) is 2.87. The molecule has 1 fully saturated rings. The van der Waals surface area contributed by atoms with Crippen LogP contribution in [0.5, 0.6) is 0 Å². The van der Waals surface area contributed by atoms with Gasteiger partial charge in [0.25, 0.3) is 0 Å². The van der Waals surface area contributed by atoms with Gasteiger partial charge in [0.2, 0.25) is 0 Å². The summed E-state index contributed by atoms with van der Waals surface area (Å²) in [7, 11) is 0. The van der Waals surface area contributed by atoms with E-state index in [1.165, 1.54) is 42.4 Å². The van der Waals surface area contributed by atoms with Gasteiger partial charge in [-0.3, -0.25) is 0 Å². The third-order valence-corrected chi connectivity index (χ3v) is 4.26. The van der Waals surface area contributed by atoms with Crippen molar-refractivity contribution in [3.8, 4) is 11.1 Å². The Hall–Kier alpha value is -1.60. The molecule has 2 aromatic carbocycles. The van der Waals surface area contributed by atoms with Crippen molar-refractivity contribution in [2.45, 2.75) is 37.6 Å². The third-order valence-electron chi connectivity index (χ3n) is 4.26. The van der Waals surface area contributed by atoms with Crippen LogP contribution < -0.4 is 5.73 Å². The van der Waals surface area contributed by atoms with Gasteiger partial charge in [-0.25, -0.2) is 0 Å². The van der Waals surface area contributed by atoms with Gasteiger partial charge in [-0.15, -0.1) is 0 Å². The Balaban J connectivity index is 1.76. The van der Waals surface area contributed by atoms with Gasteiger partial charge in [0.15, 0.2) is 0 Å². The SMILES string of the molecule is NC1CCC(c2ccc(-c3ccccc3)cc2)CC1. The van der Waals surface area contributed by atoms with Crippen molar-refractivity contribution in [3.63, 3.8) is 0 Å². The predicted octanol–water partition coefficient (Wildman–Crippen LogP) is 4.34. The van der Waals surface area contributed by atoms with E-state index >= 15 is 0 Å². The molecule has 0 saturated heterocycles. The second-order valence-corrected chi connectivity index (χ2v) is 5.60. The highest BCUT2D eigenvalue weighted by molar-refractivity contribution is 5.63. The van der Waals surface area contributed by atoms with E-state index in [-0.39, 0.29) is 0 Å². The molecule has 2 aromatic rings. The summed E-state index contributed by atoms with van der Waals surface area (Å²) in [6.45, 7) is 0. The lowest BCUT2D eigenvalue weighted by molar-refractivity contribution is 0.395. The van der Waals surface area contributed by atoms with E-state index < -0.39 is 0 Å². The summed E-state index contributed by atoms with van der Waals surface area (Å²) in [5, 5.41) is 0. The van der Waals surface area contributed by atoms with E-state index in [1.807, 2.05) is 0 Å². The first kappa shape index (κ1) is 12.4. The highest BCUT2D eigenvalue weighted by atomic mass is 14.6. The van der Waals surface area contributed by atoms with Gasteiger partial charge in [-0.1, -0.05) is 54.6 Å². The van der Waals surface area contributed by atoms with Crippen molar-refractivity contribution in [2.24, 2.45) is 5.73 Å². The Labute approximate surface area is 115 Å². The summed E-state index contributed by atoms with van der Waals surface area (Å²) in [6.07, 6.45) is 4.83. The molecular weight excluding hydrogens is 230 g/mol. The van der Waals surface area contributed by atoms with Crippen LogP contribution in [0.3, 0.4) is 0 Å². The molecule has 19 heavy (non-hydrogen) atoms. The monoisotopic (exact) mass is 251 g/mol. The van der Waals surface area contributed by atoms with Crippen molar-refractivity contribution in [3.05, 3.63) is 60.2 Å². The quantitative estimate of drug-likeness (QED) is 0.844. The van der Waals surface area contributed by atoms with Gasteiger partial charge in [0.1, 0.15) is 0 Å². The molecule has 0 aromatic heterocycles. The summed E-state index contributed by atoms with van der Waals surface area (Å²) in [4.78, 5) is 0. The highest BCUT2D eigenvalue weighted by Crippen LogP contribution is 2.33. The maximum Gasteiger partial charge on any atom is 0.00392 e. The van der Waals surface area contributed by atoms with Crippen molar-refractivity contribution < 1.29 is 0 Å². The molecule has 1 aliphatic carbocycles. The second kappa shape index (κ2) is 5.58. The van der Waals surface area contributed by atoms with Crippen LogP contribution in [0.15, 0.2) is 54.6 Å². The van der Waals surface area contributed by atoms with Crippen LogP contribution in [0.2, 0.25) is 0 Å². The zero-order valence-corrected chi connectivity index (χ0v) is 11.3. The number of benzene rings is 2. The molecule has 0 bridgehead atoms. The molecule has 1 heteroatoms. The number of hydrogen-bond donors (Lipinski definition) is 1. The Bertz CT molecular complexity index is 507. The van der Waals surface area contributed by atoms with E-state index in [1.54, 1.807) is 0 Å². The molecule has 0 atom stereocenters. The molecule has 3 rings (SSSR count).